The summed E-state index contributed by atoms with van der Waals surface area (Å²) in [5.41, 5.74) is 10.0. The second-order valence-electron chi connectivity index (χ2n) is 4.27. The van der Waals surface area contributed by atoms with Crippen LogP contribution < -0.4 is 11.5 Å². The maximum atomic E-state index is 12.3. The maximum absolute atomic E-state index is 12.3. The molecule has 10 heteroatoms. The summed E-state index contributed by atoms with van der Waals surface area (Å²) in [5, 5.41) is 8.70. The molecular formula is C10H16N4O5S. The molecule has 1 fully saturated rings. The third-order valence-corrected chi connectivity index (χ3v) is 3.91. The Labute approximate surface area is 119 Å². The second-order valence-corrected chi connectivity index (χ2v) is 5.61. The minimum Gasteiger partial charge on any atom is -0.480 e. The zero-order valence-corrected chi connectivity index (χ0v) is 11.6. The van der Waals surface area contributed by atoms with E-state index >= 15 is 0 Å². The number of hydrogen-bond acceptors (Lipinski definition) is 5. The van der Waals surface area contributed by atoms with Crippen molar-refractivity contribution in [2.75, 3.05) is 18.8 Å². The molecule has 2 unspecified atom stereocenters. The lowest BCUT2D eigenvalue weighted by atomic mass is 10.3. The minimum absolute atomic E-state index is 0.239. The molecule has 5 N–H and O–H groups in total. The fraction of sp³-hybridized carbons (Fsp3) is 0.600. The summed E-state index contributed by atoms with van der Waals surface area (Å²) in [5.74, 6) is -2.53. The first-order valence-corrected chi connectivity index (χ1v) is 6.77. The van der Waals surface area contributed by atoms with Crippen molar-refractivity contribution in [2.45, 2.75) is 18.3 Å². The van der Waals surface area contributed by atoms with E-state index in [9.17, 15) is 19.2 Å². The van der Waals surface area contributed by atoms with Gasteiger partial charge in [-0.3, -0.25) is 14.5 Å². The van der Waals surface area contributed by atoms with E-state index in [1.165, 1.54) is 11.8 Å². The number of amides is 4. The Balaban J connectivity index is 2.93. The van der Waals surface area contributed by atoms with Crippen molar-refractivity contribution >= 4 is 35.6 Å². The van der Waals surface area contributed by atoms with Gasteiger partial charge in [0.2, 0.25) is 11.8 Å². The predicted molar refractivity (Wildman–Crippen MR) is 70.5 cm³/mol. The van der Waals surface area contributed by atoms with Gasteiger partial charge in [0, 0.05) is 5.75 Å². The van der Waals surface area contributed by atoms with Crippen LogP contribution in [0.15, 0.2) is 0 Å². The number of hydrogen-bond donors (Lipinski definition) is 3. The average molecular weight is 304 g/mol. The second kappa shape index (κ2) is 6.46. The third kappa shape index (κ3) is 3.76. The quantitative estimate of drug-likeness (QED) is 0.547. The van der Waals surface area contributed by atoms with Gasteiger partial charge in [-0.05, 0) is 6.92 Å². The average Bonchev–Trinajstić information content (AvgIpc) is 2.68. The van der Waals surface area contributed by atoms with E-state index in [2.05, 4.69) is 0 Å². The molecule has 0 aromatic carbocycles. The lowest BCUT2D eigenvalue weighted by Crippen LogP contribution is -2.54. The predicted octanol–water partition coefficient (Wildman–Crippen LogP) is -1.77. The molecule has 0 spiro atoms. The standard InChI is InChI=1S/C10H16N4O5S/c1-5-14(6(4-20-5)9(17)18)10(19)13(2-7(11)15)3-8(12)16/h5-6H,2-4H2,1H3,(H2,11,15)(H2,12,16)(H,17,18). The lowest BCUT2D eigenvalue weighted by molar-refractivity contribution is -0.141. The topological polar surface area (TPSA) is 147 Å². The van der Waals surface area contributed by atoms with Gasteiger partial charge in [0.1, 0.15) is 19.1 Å². The number of carboxylic acid groups (broad SMARTS) is 1. The summed E-state index contributed by atoms with van der Waals surface area (Å²) in [6.07, 6.45) is 0. The lowest BCUT2D eigenvalue weighted by Gasteiger charge is -2.31. The van der Waals surface area contributed by atoms with Crippen LogP contribution in [0, 0.1) is 0 Å². The number of urea groups is 1. The molecule has 9 nitrogen and oxygen atoms in total. The van der Waals surface area contributed by atoms with Crippen molar-refractivity contribution in [1.82, 2.24) is 9.80 Å². The normalized spacial score (nSPS) is 21.6. The Kier molecular flexibility index (Phi) is 5.19. The summed E-state index contributed by atoms with van der Waals surface area (Å²) < 4.78 is 0. The molecule has 1 heterocycles. The fourth-order valence-corrected chi connectivity index (χ4v) is 3.02. The van der Waals surface area contributed by atoms with Gasteiger partial charge < -0.3 is 21.5 Å². The van der Waals surface area contributed by atoms with Crippen molar-refractivity contribution in [2.24, 2.45) is 11.5 Å². The number of rotatable bonds is 5. The summed E-state index contributed by atoms with van der Waals surface area (Å²) in [6.45, 7) is 0.669. The molecule has 0 saturated carbocycles. The molecule has 1 rings (SSSR count). The molecule has 1 saturated heterocycles. The molecule has 2 atom stereocenters. The number of carboxylic acids is 1. The highest BCUT2D eigenvalue weighted by Gasteiger charge is 2.41. The van der Waals surface area contributed by atoms with Crippen molar-refractivity contribution in [3.63, 3.8) is 0 Å². The van der Waals surface area contributed by atoms with Crippen molar-refractivity contribution < 1.29 is 24.3 Å². The zero-order valence-electron chi connectivity index (χ0n) is 10.8. The molecule has 0 aromatic heterocycles. The summed E-state index contributed by atoms with van der Waals surface area (Å²) in [4.78, 5) is 47.3. The Hall–Kier alpha value is -1.97. The van der Waals surface area contributed by atoms with E-state index in [-0.39, 0.29) is 11.1 Å². The highest BCUT2D eigenvalue weighted by atomic mass is 32.2. The number of nitrogens with zero attached hydrogens (tertiary/aromatic N) is 2. The molecule has 0 aromatic rings. The largest absolute Gasteiger partial charge is 0.480 e. The molecule has 1 aliphatic heterocycles. The van der Waals surface area contributed by atoms with Gasteiger partial charge in [-0.1, -0.05) is 0 Å². The van der Waals surface area contributed by atoms with E-state index in [0.717, 1.165) is 9.80 Å². The van der Waals surface area contributed by atoms with Gasteiger partial charge in [0.25, 0.3) is 0 Å². The molecule has 0 radical (unpaired) electrons. The van der Waals surface area contributed by atoms with Crippen molar-refractivity contribution in [3.8, 4) is 0 Å². The molecule has 112 valence electrons. The smallest absolute Gasteiger partial charge is 0.327 e. The first-order chi connectivity index (χ1) is 9.23. The molecule has 4 amide bonds. The number of thioether (sulfide) groups is 1. The van der Waals surface area contributed by atoms with Crippen LogP contribution in [0.5, 0.6) is 0 Å². The van der Waals surface area contributed by atoms with Crippen molar-refractivity contribution in [3.05, 3.63) is 0 Å². The van der Waals surface area contributed by atoms with Crippen LogP contribution >= 0.6 is 11.8 Å². The maximum Gasteiger partial charge on any atom is 0.327 e. The Morgan fingerprint density at radius 2 is 1.75 bits per heavy atom. The van der Waals surface area contributed by atoms with Crippen molar-refractivity contribution in [1.29, 1.82) is 0 Å². The summed E-state index contributed by atoms with van der Waals surface area (Å²) in [7, 11) is 0. The molecule has 0 aliphatic carbocycles. The monoisotopic (exact) mass is 304 g/mol. The highest BCUT2D eigenvalue weighted by molar-refractivity contribution is 8.00. The number of carbonyl (C=O) groups excluding carboxylic acids is 3. The number of nitrogens with two attached hydrogens (primary N) is 2. The van der Waals surface area contributed by atoms with Gasteiger partial charge in [-0.25, -0.2) is 9.59 Å². The molecule has 20 heavy (non-hydrogen) atoms. The van der Waals surface area contributed by atoms with Gasteiger partial charge in [-0.15, -0.1) is 11.8 Å². The molecule has 0 bridgehead atoms. The van der Waals surface area contributed by atoms with E-state index in [0.29, 0.717) is 0 Å². The van der Waals surface area contributed by atoms with Gasteiger partial charge in [0.15, 0.2) is 0 Å². The Morgan fingerprint density at radius 3 is 2.15 bits per heavy atom. The molecule has 1 aliphatic rings. The number of primary amides is 2. The van der Waals surface area contributed by atoms with Gasteiger partial charge >= 0.3 is 12.0 Å². The van der Waals surface area contributed by atoms with Crippen LogP contribution in [0.25, 0.3) is 0 Å². The summed E-state index contributed by atoms with van der Waals surface area (Å²) >= 11 is 1.29. The number of aliphatic carboxylic acids is 1. The van der Waals surface area contributed by atoms with Gasteiger partial charge in [-0.2, -0.15) is 0 Å². The Bertz CT molecular complexity index is 427. The van der Waals surface area contributed by atoms with Crippen LogP contribution in [0.4, 0.5) is 4.79 Å². The highest BCUT2D eigenvalue weighted by Crippen LogP contribution is 2.29. The van der Waals surface area contributed by atoms with E-state index in [1.54, 1.807) is 6.92 Å². The first kappa shape index (κ1) is 16.1. The van der Waals surface area contributed by atoms with Crippen LogP contribution in [0.3, 0.4) is 0 Å². The van der Waals surface area contributed by atoms with Crippen LogP contribution in [-0.4, -0.2) is 69.0 Å². The van der Waals surface area contributed by atoms with Crippen LogP contribution in [-0.2, 0) is 14.4 Å². The summed E-state index contributed by atoms with van der Waals surface area (Å²) in [6, 6.07) is -1.75. The van der Waals surface area contributed by atoms with E-state index < -0.39 is 42.9 Å². The third-order valence-electron chi connectivity index (χ3n) is 2.69. The minimum atomic E-state index is -1.15. The zero-order chi connectivity index (χ0) is 15.4. The number of carbonyl (C=O) groups is 4. The van der Waals surface area contributed by atoms with Crippen LogP contribution in [0.2, 0.25) is 0 Å². The van der Waals surface area contributed by atoms with Gasteiger partial charge in [0.05, 0.1) is 5.37 Å². The SMILES string of the molecule is CC1SCC(C(=O)O)N1C(=O)N(CC(N)=O)CC(N)=O. The van der Waals surface area contributed by atoms with E-state index in [4.69, 9.17) is 16.6 Å². The molecular weight excluding hydrogens is 288 g/mol. The first-order valence-electron chi connectivity index (χ1n) is 5.72. The Morgan fingerprint density at radius 1 is 1.25 bits per heavy atom. The van der Waals surface area contributed by atoms with Crippen LogP contribution in [0.1, 0.15) is 6.92 Å². The van der Waals surface area contributed by atoms with E-state index in [1.807, 2.05) is 0 Å². The fourth-order valence-electron chi connectivity index (χ4n) is 1.85.